The number of carbonyl (C=O) groups is 2. The summed E-state index contributed by atoms with van der Waals surface area (Å²) < 4.78 is 11.8. The molecular formula is C13H16N4O4S. The zero-order valence-electron chi connectivity index (χ0n) is 12.2. The Morgan fingerprint density at radius 3 is 2.86 bits per heavy atom. The molecule has 0 aliphatic carbocycles. The fourth-order valence-electron chi connectivity index (χ4n) is 1.72. The van der Waals surface area contributed by atoms with Crippen LogP contribution in [0.15, 0.2) is 28.0 Å². The minimum absolute atomic E-state index is 0.0368. The first-order chi connectivity index (χ1) is 10.7. The number of ether oxygens (including phenoxy) is 1. The third-order valence-corrected chi connectivity index (χ3v) is 3.59. The van der Waals surface area contributed by atoms with Crippen LogP contribution in [0.25, 0.3) is 11.6 Å². The number of carbonyl (C=O) groups excluding carboxylic acids is 2. The summed E-state index contributed by atoms with van der Waals surface area (Å²) in [5.41, 5.74) is 0. The quantitative estimate of drug-likeness (QED) is 0.810. The molecule has 2 aromatic rings. The Morgan fingerprint density at radius 2 is 2.23 bits per heavy atom. The van der Waals surface area contributed by atoms with Crippen LogP contribution >= 0.6 is 11.8 Å². The standard InChI is InChI=1S/C13H16N4O4S/c1-3-17-11(9-6-5-7-21-9)15-16-12(17)22-8-10(18)14-13(19)20-4-2/h5-7H,3-4,8H2,1-2H3,(H,14,18,19). The zero-order chi connectivity index (χ0) is 15.9. The molecule has 0 bridgehead atoms. The Balaban J connectivity index is 1.99. The van der Waals surface area contributed by atoms with E-state index in [0.29, 0.717) is 23.3 Å². The zero-order valence-corrected chi connectivity index (χ0v) is 13.1. The van der Waals surface area contributed by atoms with Crippen molar-refractivity contribution >= 4 is 23.8 Å². The Labute approximate surface area is 131 Å². The monoisotopic (exact) mass is 324 g/mol. The van der Waals surface area contributed by atoms with E-state index in [1.807, 2.05) is 11.5 Å². The number of alkyl carbamates (subject to hydrolysis) is 1. The van der Waals surface area contributed by atoms with Crippen LogP contribution in [-0.4, -0.2) is 39.1 Å². The molecule has 0 saturated carbocycles. The summed E-state index contributed by atoms with van der Waals surface area (Å²) in [6.07, 6.45) is 0.810. The van der Waals surface area contributed by atoms with E-state index in [-0.39, 0.29) is 12.4 Å². The molecule has 2 amide bonds. The largest absolute Gasteiger partial charge is 0.461 e. The smallest absolute Gasteiger partial charge is 0.413 e. The summed E-state index contributed by atoms with van der Waals surface area (Å²) in [6.45, 7) is 4.45. The minimum atomic E-state index is -0.749. The lowest BCUT2D eigenvalue weighted by molar-refractivity contribution is -0.117. The van der Waals surface area contributed by atoms with E-state index < -0.39 is 12.0 Å². The van der Waals surface area contributed by atoms with E-state index in [1.165, 1.54) is 11.8 Å². The second-order valence-electron chi connectivity index (χ2n) is 4.09. The van der Waals surface area contributed by atoms with Gasteiger partial charge in [-0.3, -0.25) is 14.7 Å². The van der Waals surface area contributed by atoms with Crippen molar-refractivity contribution < 1.29 is 18.7 Å². The second-order valence-corrected chi connectivity index (χ2v) is 5.03. The van der Waals surface area contributed by atoms with Crippen LogP contribution in [0.5, 0.6) is 0 Å². The van der Waals surface area contributed by atoms with Crippen LogP contribution in [0.3, 0.4) is 0 Å². The fraction of sp³-hybridized carbons (Fsp3) is 0.385. The Hall–Kier alpha value is -2.29. The molecule has 2 aromatic heterocycles. The number of nitrogens with zero attached hydrogens (tertiary/aromatic N) is 3. The van der Waals surface area contributed by atoms with Gasteiger partial charge in [-0.05, 0) is 26.0 Å². The molecule has 2 rings (SSSR count). The molecule has 1 N–H and O–H groups in total. The van der Waals surface area contributed by atoms with Crippen molar-refractivity contribution in [3.8, 4) is 11.6 Å². The predicted octanol–water partition coefficient (Wildman–Crippen LogP) is 1.92. The summed E-state index contributed by atoms with van der Waals surface area (Å²) in [4.78, 5) is 22.8. The van der Waals surface area contributed by atoms with Crippen molar-refractivity contribution in [1.82, 2.24) is 20.1 Å². The van der Waals surface area contributed by atoms with Gasteiger partial charge in [0.05, 0.1) is 18.6 Å². The van der Waals surface area contributed by atoms with Crippen LogP contribution in [-0.2, 0) is 16.1 Å². The van der Waals surface area contributed by atoms with Crippen LogP contribution in [0.1, 0.15) is 13.8 Å². The molecule has 9 heteroatoms. The minimum Gasteiger partial charge on any atom is -0.461 e. The SMILES string of the molecule is CCOC(=O)NC(=O)CSc1nnc(-c2ccco2)n1CC. The maximum absolute atomic E-state index is 11.6. The molecule has 0 fully saturated rings. The first-order valence-electron chi connectivity index (χ1n) is 6.72. The van der Waals surface area contributed by atoms with Crippen molar-refractivity contribution in [2.24, 2.45) is 0 Å². The normalized spacial score (nSPS) is 10.5. The molecule has 0 spiro atoms. The van der Waals surface area contributed by atoms with Crippen LogP contribution in [0.4, 0.5) is 4.79 Å². The Bertz CT molecular complexity index is 639. The summed E-state index contributed by atoms with van der Waals surface area (Å²) in [5.74, 6) is 0.793. The van der Waals surface area contributed by atoms with E-state index in [4.69, 9.17) is 4.42 Å². The number of hydrogen-bond donors (Lipinski definition) is 1. The van der Waals surface area contributed by atoms with Crippen LogP contribution in [0, 0.1) is 0 Å². The van der Waals surface area contributed by atoms with Crippen molar-refractivity contribution in [1.29, 1.82) is 0 Å². The van der Waals surface area contributed by atoms with Gasteiger partial charge in [0, 0.05) is 6.54 Å². The number of rotatable bonds is 6. The van der Waals surface area contributed by atoms with Crippen molar-refractivity contribution in [3.63, 3.8) is 0 Å². The third-order valence-electron chi connectivity index (χ3n) is 2.62. The van der Waals surface area contributed by atoms with E-state index in [2.05, 4.69) is 20.3 Å². The van der Waals surface area contributed by atoms with Gasteiger partial charge in [0.25, 0.3) is 0 Å². The maximum atomic E-state index is 11.6. The van der Waals surface area contributed by atoms with E-state index in [1.54, 1.807) is 25.3 Å². The highest BCUT2D eigenvalue weighted by Gasteiger charge is 2.17. The number of furan rings is 1. The molecule has 0 aromatic carbocycles. The number of hydrogen-bond acceptors (Lipinski definition) is 7. The average Bonchev–Trinajstić information content (AvgIpc) is 3.13. The first-order valence-corrected chi connectivity index (χ1v) is 7.70. The topological polar surface area (TPSA) is 99.2 Å². The summed E-state index contributed by atoms with van der Waals surface area (Å²) in [5, 5.41) is 10.8. The van der Waals surface area contributed by atoms with Gasteiger partial charge in [-0.15, -0.1) is 10.2 Å². The third kappa shape index (κ3) is 3.88. The number of imide groups is 1. The molecule has 8 nitrogen and oxygen atoms in total. The molecule has 0 saturated heterocycles. The molecular weight excluding hydrogens is 308 g/mol. The van der Waals surface area contributed by atoms with Gasteiger partial charge in [-0.25, -0.2) is 4.79 Å². The lowest BCUT2D eigenvalue weighted by atomic mass is 10.4. The summed E-state index contributed by atoms with van der Waals surface area (Å²) in [7, 11) is 0. The lowest BCUT2D eigenvalue weighted by Crippen LogP contribution is -2.32. The Morgan fingerprint density at radius 1 is 1.41 bits per heavy atom. The average molecular weight is 324 g/mol. The summed E-state index contributed by atoms with van der Waals surface area (Å²) >= 11 is 1.19. The molecule has 0 aliphatic rings. The van der Waals surface area contributed by atoms with Crippen molar-refractivity contribution in [2.75, 3.05) is 12.4 Å². The maximum Gasteiger partial charge on any atom is 0.413 e. The molecule has 0 radical (unpaired) electrons. The van der Waals surface area contributed by atoms with Gasteiger partial charge in [0.1, 0.15) is 0 Å². The molecule has 118 valence electrons. The molecule has 0 unspecified atom stereocenters. The van der Waals surface area contributed by atoms with Crippen LogP contribution < -0.4 is 5.32 Å². The lowest BCUT2D eigenvalue weighted by Gasteiger charge is -2.06. The molecule has 0 atom stereocenters. The van der Waals surface area contributed by atoms with Gasteiger partial charge in [0.15, 0.2) is 16.7 Å². The van der Waals surface area contributed by atoms with E-state index in [0.717, 1.165) is 0 Å². The van der Waals surface area contributed by atoms with E-state index in [9.17, 15) is 9.59 Å². The second kappa shape index (κ2) is 7.64. The van der Waals surface area contributed by atoms with E-state index >= 15 is 0 Å². The van der Waals surface area contributed by atoms with Gasteiger partial charge < -0.3 is 9.15 Å². The fourth-order valence-corrected chi connectivity index (χ4v) is 2.52. The number of thioether (sulfide) groups is 1. The molecule has 2 heterocycles. The first kappa shape index (κ1) is 16.1. The van der Waals surface area contributed by atoms with Gasteiger partial charge in [-0.1, -0.05) is 11.8 Å². The van der Waals surface area contributed by atoms with Crippen molar-refractivity contribution in [2.45, 2.75) is 25.5 Å². The highest BCUT2D eigenvalue weighted by molar-refractivity contribution is 7.99. The van der Waals surface area contributed by atoms with Gasteiger partial charge in [0.2, 0.25) is 5.91 Å². The highest BCUT2D eigenvalue weighted by atomic mass is 32.2. The van der Waals surface area contributed by atoms with Gasteiger partial charge in [-0.2, -0.15) is 0 Å². The number of amides is 2. The molecule has 0 aliphatic heterocycles. The van der Waals surface area contributed by atoms with Gasteiger partial charge >= 0.3 is 6.09 Å². The van der Waals surface area contributed by atoms with Crippen molar-refractivity contribution in [3.05, 3.63) is 18.4 Å². The molecule has 22 heavy (non-hydrogen) atoms. The predicted molar refractivity (Wildman–Crippen MR) is 79.3 cm³/mol. The summed E-state index contributed by atoms with van der Waals surface area (Å²) in [6, 6.07) is 3.56. The number of aromatic nitrogens is 3. The number of nitrogens with one attached hydrogen (secondary N) is 1. The highest BCUT2D eigenvalue weighted by Crippen LogP contribution is 2.23. The van der Waals surface area contributed by atoms with Crippen LogP contribution in [0.2, 0.25) is 0 Å². The Kier molecular flexibility index (Phi) is 5.59.